The summed E-state index contributed by atoms with van der Waals surface area (Å²) in [6.07, 6.45) is 4.01. The van der Waals surface area contributed by atoms with Gasteiger partial charge in [0.25, 0.3) is 0 Å². The van der Waals surface area contributed by atoms with Gasteiger partial charge < -0.3 is 20.9 Å². The van der Waals surface area contributed by atoms with Crippen LogP contribution in [0.25, 0.3) is 10.9 Å². The standard InChI is InChI=1S/C27H32N8O2/c1-3-34(4-2)15-8-14-28-26(36)33-25-18-24(29-19-30-25)31-22-11-12-23-20(17-22)13-16-35(23)27(37)32-21-9-6-5-7-10-21/h5-7,9-13,16-19H,3-4,8,14-15H2,1-2H3,(H,32,37)(H3,28,29,30,31,33,36). The van der Waals surface area contributed by atoms with Gasteiger partial charge in [0.1, 0.15) is 18.0 Å². The van der Waals surface area contributed by atoms with E-state index in [1.807, 2.05) is 54.6 Å². The Bertz CT molecular complexity index is 1330. The second kappa shape index (κ2) is 12.5. The molecule has 0 atom stereocenters. The fourth-order valence-corrected chi connectivity index (χ4v) is 3.95. The molecule has 0 aliphatic rings. The van der Waals surface area contributed by atoms with Crippen molar-refractivity contribution in [2.75, 3.05) is 42.1 Å². The van der Waals surface area contributed by atoms with Crippen molar-refractivity contribution in [3.63, 3.8) is 0 Å². The van der Waals surface area contributed by atoms with Crippen LogP contribution in [0.5, 0.6) is 0 Å². The van der Waals surface area contributed by atoms with Gasteiger partial charge in [0, 0.05) is 35.6 Å². The fourth-order valence-electron chi connectivity index (χ4n) is 3.95. The second-order valence-electron chi connectivity index (χ2n) is 8.43. The van der Waals surface area contributed by atoms with Crippen molar-refractivity contribution in [1.82, 2.24) is 24.8 Å². The van der Waals surface area contributed by atoms with Crippen LogP contribution in [0.4, 0.5) is 32.6 Å². The predicted octanol–water partition coefficient (Wildman–Crippen LogP) is 5.11. The molecule has 0 radical (unpaired) electrons. The lowest BCUT2D eigenvalue weighted by molar-refractivity contribution is 0.250. The number of urea groups is 1. The zero-order valence-electron chi connectivity index (χ0n) is 21.1. The third-order valence-corrected chi connectivity index (χ3v) is 5.95. The highest BCUT2D eigenvalue weighted by Crippen LogP contribution is 2.23. The molecule has 10 nitrogen and oxygen atoms in total. The van der Waals surface area contributed by atoms with Crippen molar-refractivity contribution in [3.8, 4) is 0 Å². The number of carbonyl (C=O) groups is 2. The van der Waals surface area contributed by atoms with Gasteiger partial charge in [-0.3, -0.25) is 9.88 Å². The summed E-state index contributed by atoms with van der Waals surface area (Å²) in [6.45, 7) is 7.79. The predicted molar refractivity (Wildman–Crippen MR) is 148 cm³/mol. The summed E-state index contributed by atoms with van der Waals surface area (Å²) < 4.78 is 1.57. The molecule has 2 aromatic carbocycles. The molecule has 0 aliphatic heterocycles. The summed E-state index contributed by atoms with van der Waals surface area (Å²) in [4.78, 5) is 35.6. The van der Waals surface area contributed by atoms with Gasteiger partial charge >= 0.3 is 12.1 Å². The molecule has 0 fully saturated rings. The highest BCUT2D eigenvalue weighted by atomic mass is 16.2. The van der Waals surface area contributed by atoms with Crippen LogP contribution >= 0.6 is 0 Å². The van der Waals surface area contributed by atoms with Gasteiger partial charge in [-0.05, 0) is 62.5 Å². The number of hydrogen-bond acceptors (Lipinski definition) is 6. The van der Waals surface area contributed by atoms with Crippen molar-refractivity contribution in [2.24, 2.45) is 0 Å². The van der Waals surface area contributed by atoms with Crippen LogP contribution in [0.15, 0.2) is 73.2 Å². The van der Waals surface area contributed by atoms with Crippen molar-refractivity contribution in [3.05, 3.63) is 73.2 Å². The molecule has 0 bridgehead atoms. The molecule has 0 spiro atoms. The Morgan fingerprint density at radius 3 is 2.46 bits per heavy atom. The van der Waals surface area contributed by atoms with E-state index in [0.29, 0.717) is 18.2 Å². The molecule has 4 rings (SSSR count). The normalized spacial score (nSPS) is 10.9. The Morgan fingerprint density at radius 1 is 0.892 bits per heavy atom. The number of hydrogen-bond donors (Lipinski definition) is 4. The molecule has 37 heavy (non-hydrogen) atoms. The van der Waals surface area contributed by atoms with Crippen molar-refractivity contribution in [2.45, 2.75) is 20.3 Å². The topological polar surface area (TPSA) is 116 Å². The lowest BCUT2D eigenvalue weighted by atomic mass is 10.2. The number of rotatable bonds is 10. The smallest absolute Gasteiger partial charge is 0.330 e. The van der Waals surface area contributed by atoms with Gasteiger partial charge in [0.05, 0.1) is 5.52 Å². The summed E-state index contributed by atoms with van der Waals surface area (Å²) in [7, 11) is 0. The average molecular weight is 501 g/mol. The molecule has 3 amide bonds. The van der Waals surface area contributed by atoms with E-state index >= 15 is 0 Å². The van der Waals surface area contributed by atoms with Crippen LogP contribution in [0, 0.1) is 0 Å². The van der Waals surface area contributed by atoms with E-state index < -0.39 is 0 Å². The molecule has 192 valence electrons. The molecular weight excluding hydrogens is 468 g/mol. The largest absolute Gasteiger partial charge is 0.340 e. The van der Waals surface area contributed by atoms with Crippen molar-refractivity contribution < 1.29 is 9.59 Å². The lowest BCUT2D eigenvalue weighted by Crippen LogP contribution is -2.32. The SMILES string of the molecule is CCN(CC)CCCNC(=O)Nc1cc(Nc2ccc3c(ccn3C(=O)Nc3ccccc3)c2)ncn1. The summed E-state index contributed by atoms with van der Waals surface area (Å²) in [5, 5.41) is 12.6. The molecule has 2 heterocycles. The Hall–Kier alpha value is -4.44. The first-order chi connectivity index (χ1) is 18.1. The Labute approximate surface area is 216 Å². The third-order valence-electron chi connectivity index (χ3n) is 5.95. The monoisotopic (exact) mass is 500 g/mol. The van der Waals surface area contributed by atoms with Crippen LogP contribution in [0.2, 0.25) is 0 Å². The Kier molecular flexibility index (Phi) is 8.66. The second-order valence-corrected chi connectivity index (χ2v) is 8.43. The minimum atomic E-state index is -0.305. The van der Waals surface area contributed by atoms with Crippen molar-refractivity contribution in [1.29, 1.82) is 0 Å². The maximum absolute atomic E-state index is 12.7. The summed E-state index contributed by atoms with van der Waals surface area (Å²) in [5.41, 5.74) is 2.30. The first-order valence-electron chi connectivity index (χ1n) is 12.4. The van der Waals surface area contributed by atoms with E-state index in [1.165, 1.54) is 6.33 Å². The number of carbonyl (C=O) groups excluding carboxylic acids is 2. The first-order valence-corrected chi connectivity index (χ1v) is 12.4. The molecule has 10 heteroatoms. The zero-order chi connectivity index (χ0) is 26.0. The first kappa shape index (κ1) is 25.6. The number of aromatic nitrogens is 3. The number of amides is 3. The van der Waals surface area contributed by atoms with Crippen LogP contribution in [0.3, 0.4) is 0 Å². The highest BCUT2D eigenvalue weighted by Gasteiger charge is 2.10. The maximum Gasteiger partial charge on any atom is 0.330 e. The molecule has 0 aliphatic carbocycles. The van der Waals surface area contributed by atoms with E-state index in [4.69, 9.17) is 0 Å². The third kappa shape index (κ3) is 7.05. The molecular formula is C27H32N8O2. The number of para-hydroxylation sites is 1. The lowest BCUT2D eigenvalue weighted by Gasteiger charge is -2.17. The Morgan fingerprint density at radius 2 is 1.68 bits per heavy atom. The molecule has 2 aromatic heterocycles. The molecule has 4 N–H and O–H groups in total. The minimum Gasteiger partial charge on any atom is -0.340 e. The van der Waals surface area contributed by atoms with E-state index in [0.717, 1.165) is 48.3 Å². The number of anilines is 4. The minimum absolute atomic E-state index is 0.236. The highest BCUT2D eigenvalue weighted by molar-refractivity contribution is 5.99. The molecule has 0 saturated carbocycles. The zero-order valence-corrected chi connectivity index (χ0v) is 21.1. The van der Waals surface area contributed by atoms with Crippen molar-refractivity contribution >= 4 is 46.0 Å². The number of benzene rings is 2. The molecule has 4 aromatic rings. The van der Waals surface area contributed by atoms with Crippen LogP contribution < -0.4 is 21.3 Å². The average Bonchev–Trinajstić information content (AvgIpc) is 3.33. The summed E-state index contributed by atoms with van der Waals surface area (Å²) in [5.74, 6) is 0.927. The number of nitrogens with one attached hydrogen (secondary N) is 4. The summed E-state index contributed by atoms with van der Waals surface area (Å²) >= 11 is 0. The van der Waals surface area contributed by atoms with E-state index in [9.17, 15) is 9.59 Å². The van der Waals surface area contributed by atoms with E-state index in [-0.39, 0.29) is 12.1 Å². The number of fused-ring (bicyclic) bond motifs is 1. The van der Waals surface area contributed by atoms with Gasteiger partial charge in [-0.15, -0.1) is 0 Å². The Balaban J connectivity index is 1.34. The van der Waals surface area contributed by atoms with Gasteiger partial charge in [-0.1, -0.05) is 32.0 Å². The van der Waals surface area contributed by atoms with Gasteiger partial charge in [-0.25, -0.2) is 19.6 Å². The molecule has 0 saturated heterocycles. The van der Waals surface area contributed by atoms with Crippen LogP contribution in [-0.2, 0) is 0 Å². The van der Waals surface area contributed by atoms with Gasteiger partial charge in [0.2, 0.25) is 0 Å². The van der Waals surface area contributed by atoms with E-state index in [1.54, 1.807) is 16.8 Å². The van der Waals surface area contributed by atoms with Crippen LogP contribution in [-0.4, -0.2) is 57.7 Å². The van der Waals surface area contributed by atoms with Gasteiger partial charge in [0.15, 0.2) is 0 Å². The van der Waals surface area contributed by atoms with Gasteiger partial charge in [-0.2, -0.15) is 0 Å². The molecule has 0 unspecified atom stereocenters. The maximum atomic E-state index is 12.7. The van der Waals surface area contributed by atoms with E-state index in [2.05, 4.69) is 50.0 Å². The summed E-state index contributed by atoms with van der Waals surface area (Å²) in [6, 6.07) is 18.0. The number of nitrogens with zero attached hydrogens (tertiary/aromatic N) is 4. The quantitative estimate of drug-likeness (QED) is 0.225. The fraction of sp³-hybridized carbons (Fsp3) is 0.259. The van der Waals surface area contributed by atoms with Crippen LogP contribution in [0.1, 0.15) is 20.3 Å².